The van der Waals surface area contributed by atoms with E-state index in [1.54, 1.807) is 17.7 Å². The van der Waals surface area contributed by atoms with Crippen molar-refractivity contribution >= 4 is 11.8 Å². The lowest BCUT2D eigenvalue weighted by atomic mass is 10.2. The molecule has 13 heavy (non-hydrogen) atoms. The molecule has 1 heterocycles. The molecule has 0 aromatic carbocycles. The van der Waals surface area contributed by atoms with Gasteiger partial charge in [-0.1, -0.05) is 6.92 Å². The van der Waals surface area contributed by atoms with Crippen LogP contribution in [0.5, 0.6) is 0 Å². The Morgan fingerprint density at radius 3 is 2.77 bits per heavy atom. The highest BCUT2D eigenvalue weighted by Crippen LogP contribution is 2.15. The first-order valence-corrected chi connectivity index (χ1v) is 4.10. The highest BCUT2D eigenvalue weighted by molar-refractivity contribution is 5.72. The lowest BCUT2D eigenvalue weighted by molar-refractivity contribution is -0.141. The second-order valence-electron chi connectivity index (χ2n) is 2.88. The minimum absolute atomic E-state index is 0.359. The van der Waals surface area contributed by atoms with E-state index >= 15 is 0 Å². The molecule has 0 saturated heterocycles. The average molecular weight is 183 g/mol. The highest BCUT2D eigenvalue weighted by atomic mass is 16.4. The van der Waals surface area contributed by atoms with Crippen LogP contribution in [0, 0.1) is 6.92 Å². The highest BCUT2D eigenvalue weighted by Gasteiger charge is 2.18. The minimum Gasteiger partial charge on any atom is -0.480 e. The third-order valence-electron chi connectivity index (χ3n) is 1.94. The quantitative estimate of drug-likeness (QED) is 0.726. The second-order valence-corrected chi connectivity index (χ2v) is 2.88. The number of imidazole rings is 1. The maximum absolute atomic E-state index is 10.8. The first-order valence-electron chi connectivity index (χ1n) is 4.10. The van der Waals surface area contributed by atoms with Crippen molar-refractivity contribution in [3.05, 3.63) is 12.0 Å². The summed E-state index contributed by atoms with van der Waals surface area (Å²) in [6, 6.07) is -0.565. The van der Waals surface area contributed by atoms with E-state index in [9.17, 15) is 4.79 Å². The number of carbonyl (C=O) groups is 1. The van der Waals surface area contributed by atoms with E-state index in [-0.39, 0.29) is 0 Å². The molecule has 1 unspecified atom stereocenters. The number of nitrogen functional groups attached to an aromatic ring is 1. The molecule has 72 valence electrons. The van der Waals surface area contributed by atoms with Crippen molar-refractivity contribution in [2.75, 3.05) is 5.73 Å². The number of hydrogen-bond acceptors (Lipinski definition) is 3. The SMILES string of the molecule is CCC(C(=O)O)n1cc(N)nc1C. The molecule has 5 heteroatoms. The van der Waals surface area contributed by atoms with E-state index in [1.807, 2.05) is 6.92 Å². The van der Waals surface area contributed by atoms with Crippen molar-refractivity contribution in [2.24, 2.45) is 0 Å². The number of aryl methyl sites for hydroxylation is 1. The van der Waals surface area contributed by atoms with Gasteiger partial charge in [-0.3, -0.25) is 0 Å². The smallest absolute Gasteiger partial charge is 0.326 e. The van der Waals surface area contributed by atoms with Gasteiger partial charge < -0.3 is 15.4 Å². The molecule has 0 amide bonds. The summed E-state index contributed by atoms with van der Waals surface area (Å²) < 4.78 is 1.58. The number of aliphatic carboxylic acids is 1. The average Bonchev–Trinajstić information content (AvgIpc) is 2.31. The zero-order valence-corrected chi connectivity index (χ0v) is 7.69. The molecular weight excluding hydrogens is 170 g/mol. The van der Waals surface area contributed by atoms with Crippen LogP contribution < -0.4 is 5.73 Å². The van der Waals surface area contributed by atoms with E-state index in [0.29, 0.717) is 18.1 Å². The van der Waals surface area contributed by atoms with Crippen LogP contribution in [-0.2, 0) is 4.79 Å². The summed E-state index contributed by atoms with van der Waals surface area (Å²) >= 11 is 0. The Labute approximate surface area is 76.2 Å². The molecule has 1 rings (SSSR count). The summed E-state index contributed by atoms with van der Waals surface area (Å²) in [5, 5.41) is 8.87. The minimum atomic E-state index is -0.858. The predicted octanol–water partition coefficient (Wildman–Crippen LogP) is 0.809. The Balaban J connectivity index is 3.04. The summed E-state index contributed by atoms with van der Waals surface area (Å²) in [5.74, 6) is 0.131. The van der Waals surface area contributed by atoms with Crippen LogP contribution >= 0.6 is 0 Å². The molecule has 0 radical (unpaired) electrons. The topological polar surface area (TPSA) is 81.1 Å². The lowest BCUT2D eigenvalue weighted by Gasteiger charge is -2.12. The molecule has 1 atom stereocenters. The number of rotatable bonds is 3. The summed E-state index contributed by atoms with van der Waals surface area (Å²) in [4.78, 5) is 14.7. The van der Waals surface area contributed by atoms with E-state index in [0.717, 1.165) is 0 Å². The largest absolute Gasteiger partial charge is 0.480 e. The van der Waals surface area contributed by atoms with Crippen LogP contribution in [0.1, 0.15) is 25.2 Å². The van der Waals surface area contributed by atoms with Gasteiger partial charge in [-0.2, -0.15) is 0 Å². The van der Waals surface area contributed by atoms with E-state index in [4.69, 9.17) is 10.8 Å². The lowest BCUT2D eigenvalue weighted by Crippen LogP contribution is -2.18. The number of carboxylic acids is 1. The van der Waals surface area contributed by atoms with Crippen molar-refractivity contribution in [1.29, 1.82) is 0 Å². The summed E-state index contributed by atoms with van der Waals surface area (Å²) in [6.07, 6.45) is 2.07. The van der Waals surface area contributed by atoms with Crippen LogP contribution in [-0.4, -0.2) is 20.6 Å². The number of nitrogens with two attached hydrogens (primary N) is 1. The van der Waals surface area contributed by atoms with Gasteiger partial charge >= 0.3 is 5.97 Å². The number of hydrogen-bond donors (Lipinski definition) is 2. The maximum atomic E-state index is 10.8. The standard InChI is InChI=1S/C8H13N3O2/c1-3-6(8(12)13)11-4-7(9)10-5(11)2/h4,6H,3,9H2,1-2H3,(H,12,13). The normalized spacial score (nSPS) is 12.8. The van der Waals surface area contributed by atoms with Gasteiger partial charge in [0.05, 0.1) is 0 Å². The molecule has 5 nitrogen and oxygen atoms in total. The van der Waals surface area contributed by atoms with Crippen LogP contribution in [0.2, 0.25) is 0 Å². The molecule has 0 aliphatic carbocycles. The Hall–Kier alpha value is -1.52. The van der Waals surface area contributed by atoms with Crippen molar-refractivity contribution in [3.63, 3.8) is 0 Å². The Kier molecular flexibility index (Phi) is 2.55. The molecule has 0 bridgehead atoms. The van der Waals surface area contributed by atoms with E-state index < -0.39 is 12.0 Å². The maximum Gasteiger partial charge on any atom is 0.326 e. The van der Waals surface area contributed by atoms with Crippen LogP contribution in [0.15, 0.2) is 6.20 Å². The number of anilines is 1. The molecule has 1 aromatic rings. The van der Waals surface area contributed by atoms with Crippen molar-refractivity contribution in [3.8, 4) is 0 Å². The molecular formula is C8H13N3O2. The molecule has 1 aromatic heterocycles. The number of aromatic nitrogens is 2. The van der Waals surface area contributed by atoms with E-state index in [1.165, 1.54) is 0 Å². The fourth-order valence-electron chi connectivity index (χ4n) is 1.32. The third-order valence-corrected chi connectivity index (χ3v) is 1.94. The van der Waals surface area contributed by atoms with Gasteiger partial charge in [0, 0.05) is 6.20 Å². The fourth-order valence-corrected chi connectivity index (χ4v) is 1.32. The molecule has 0 saturated carbocycles. The second kappa shape index (κ2) is 3.47. The van der Waals surface area contributed by atoms with Gasteiger partial charge in [-0.05, 0) is 13.3 Å². The molecule has 3 N–H and O–H groups in total. The zero-order chi connectivity index (χ0) is 10.0. The first kappa shape index (κ1) is 9.57. The first-order chi connectivity index (χ1) is 6.06. The van der Waals surface area contributed by atoms with Crippen LogP contribution in [0.4, 0.5) is 5.82 Å². The predicted molar refractivity (Wildman–Crippen MR) is 48.3 cm³/mol. The Morgan fingerprint density at radius 2 is 2.46 bits per heavy atom. The van der Waals surface area contributed by atoms with Gasteiger partial charge in [0.1, 0.15) is 17.7 Å². The van der Waals surface area contributed by atoms with Gasteiger partial charge in [-0.25, -0.2) is 9.78 Å². The van der Waals surface area contributed by atoms with Crippen molar-refractivity contribution < 1.29 is 9.90 Å². The van der Waals surface area contributed by atoms with E-state index in [2.05, 4.69) is 4.98 Å². The van der Waals surface area contributed by atoms with Gasteiger partial charge in [-0.15, -0.1) is 0 Å². The number of carboxylic acid groups (broad SMARTS) is 1. The summed E-state index contributed by atoms with van der Waals surface area (Å²) in [6.45, 7) is 3.55. The molecule has 0 aliphatic rings. The summed E-state index contributed by atoms with van der Waals surface area (Å²) in [5.41, 5.74) is 5.45. The summed E-state index contributed by atoms with van der Waals surface area (Å²) in [7, 11) is 0. The third kappa shape index (κ3) is 1.80. The molecule has 0 spiro atoms. The van der Waals surface area contributed by atoms with Crippen molar-refractivity contribution in [2.45, 2.75) is 26.3 Å². The van der Waals surface area contributed by atoms with Crippen LogP contribution in [0.3, 0.4) is 0 Å². The molecule has 0 aliphatic heterocycles. The molecule has 0 fully saturated rings. The zero-order valence-electron chi connectivity index (χ0n) is 7.69. The monoisotopic (exact) mass is 183 g/mol. The fraction of sp³-hybridized carbons (Fsp3) is 0.500. The number of nitrogens with zero attached hydrogens (tertiary/aromatic N) is 2. The van der Waals surface area contributed by atoms with Crippen molar-refractivity contribution in [1.82, 2.24) is 9.55 Å². The Morgan fingerprint density at radius 1 is 1.85 bits per heavy atom. The van der Waals surface area contributed by atoms with Gasteiger partial charge in [0.2, 0.25) is 0 Å². The Bertz CT molecular complexity index is 319. The van der Waals surface area contributed by atoms with Gasteiger partial charge in [0.15, 0.2) is 0 Å². The van der Waals surface area contributed by atoms with Crippen LogP contribution in [0.25, 0.3) is 0 Å². The van der Waals surface area contributed by atoms with Gasteiger partial charge in [0.25, 0.3) is 0 Å².